The molecule has 0 aliphatic heterocycles. The van der Waals surface area contributed by atoms with Crippen molar-refractivity contribution >= 4 is 16.8 Å². The van der Waals surface area contributed by atoms with Crippen molar-refractivity contribution in [3.8, 4) is 0 Å². The van der Waals surface area contributed by atoms with Gasteiger partial charge in [-0.1, -0.05) is 17.7 Å². The highest BCUT2D eigenvalue weighted by Crippen LogP contribution is 1.95. The van der Waals surface area contributed by atoms with E-state index in [1.54, 1.807) is 6.92 Å². The molecule has 0 aliphatic carbocycles. The van der Waals surface area contributed by atoms with Crippen LogP contribution in [0.3, 0.4) is 0 Å². The van der Waals surface area contributed by atoms with Crippen LogP contribution in [0.2, 0.25) is 0 Å². The minimum absolute atomic E-state index is 0.584. The summed E-state index contributed by atoms with van der Waals surface area (Å²) in [6.45, 7) is 5.60. The molecule has 0 spiro atoms. The number of rotatable bonds is 1. The van der Waals surface area contributed by atoms with E-state index < -0.39 is 0 Å². The van der Waals surface area contributed by atoms with Crippen LogP contribution in [0.4, 0.5) is 0 Å². The maximum absolute atomic E-state index is 5.46. The maximum atomic E-state index is 5.46. The van der Waals surface area contributed by atoms with Crippen LogP contribution < -0.4 is 0 Å². The minimum Gasteiger partial charge on any atom is -0.247 e. The van der Waals surface area contributed by atoms with Crippen LogP contribution >= 0.6 is 11.6 Å². The van der Waals surface area contributed by atoms with Crippen molar-refractivity contribution in [1.82, 2.24) is 0 Å². The van der Waals surface area contributed by atoms with E-state index in [0.717, 1.165) is 5.70 Å². The molecule has 0 aromatic carbocycles. The predicted octanol–water partition coefficient (Wildman–Crippen LogP) is 2.57. The third-order valence-corrected chi connectivity index (χ3v) is 0.833. The average molecular weight is 132 g/mol. The van der Waals surface area contributed by atoms with E-state index in [2.05, 4.69) is 4.99 Å². The van der Waals surface area contributed by atoms with Gasteiger partial charge >= 0.3 is 0 Å². The van der Waals surface area contributed by atoms with Gasteiger partial charge in [0.25, 0.3) is 0 Å². The average Bonchev–Trinajstić information content (AvgIpc) is 1.65. The number of halogens is 1. The van der Waals surface area contributed by atoms with Crippen LogP contribution in [0.5, 0.6) is 0 Å². The van der Waals surface area contributed by atoms with Gasteiger partial charge in [-0.25, -0.2) is 4.99 Å². The minimum atomic E-state index is 0.584. The van der Waals surface area contributed by atoms with Gasteiger partial charge in [0.1, 0.15) is 5.17 Å². The Labute approximate surface area is 55.1 Å². The Hall–Kier alpha value is -0.300. The lowest BCUT2D eigenvalue weighted by atomic mass is 10.5. The van der Waals surface area contributed by atoms with Gasteiger partial charge in [-0.2, -0.15) is 0 Å². The first-order valence-corrected chi connectivity index (χ1v) is 2.88. The molecule has 0 radical (unpaired) electrons. The Morgan fingerprint density at radius 2 is 2.00 bits per heavy atom. The molecule has 0 rings (SSSR count). The second-order valence-corrected chi connectivity index (χ2v) is 2.09. The zero-order valence-corrected chi connectivity index (χ0v) is 6.16. The van der Waals surface area contributed by atoms with Crippen molar-refractivity contribution in [2.75, 3.05) is 0 Å². The third kappa shape index (κ3) is 3.88. The van der Waals surface area contributed by atoms with Gasteiger partial charge in [0.15, 0.2) is 0 Å². The quantitative estimate of drug-likeness (QED) is 0.485. The van der Waals surface area contributed by atoms with Crippen LogP contribution in [0.25, 0.3) is 0 Å². The first-order valence-electron chi connectivity index (χ1n) is 2.50. The molecular formula is C6H10ClN. The lowest BCUT2D eigenvalue weighted by Gasteiger charge is -1.86. The van der Waals surface area contributed by atoms with Gasteiger partial charge in [0, 0.05) is 5.70 Å². The summed E-state index contributed by atoms with van der Waals surface area (Å²) in [6, 6.07) is 0. The van der Waals surface area contributed by atoms with Crippen LogP contribution in [-0.4, -0.2) is 5.17 Å². The molecule has 0 N–H and O–H groups in total. The highest BCUT2D eigenvalue weighted by atomic mass is 35.5. The summed E-state index contributed by atoms with van der Waals surface area (Å²) in [5, 5.41) is 0.584. The molecule has 0 saturated heterocycles. The highest BCUT2D eigenvalue weighted by Gasteiger charge is 1.80. The molecule has 0 aromatic heterocycles. The van der Waals surface area contributed by atoms with E-state index in [4.69, 9.17) is 11.6 Å². The standard InChI is InChI=1S/C6H10ClN/c1-4-5(2)8-6(3)7/h4H,1-3H3/b5-4+,8-6+. The van der Waals surface area contributed by atoms with Crippen LogP contribution in [0.1, 0.15) is 20.8 Å². The molecule has 0 atom stereocenters. The number of hydrogen-bond acceptors (Lipinski definition) is 1. The summed E-state index contributed by atoms with van der Waals surface area (Å²) < 4.78 is 0. The zero-order chi connectivity index (χ0) is 6.57. The molecule has 8 heavy (non-hydrogen) atoms. The van der Waals surface area contributed by atoms with Crippen LogP contribution in [0.15, 0.2) is 16.8 Å². The Morgan fingerprint density at radius 3 is 2.12 bits per heavy atom. The van der Waals surface area contributed by atoms with Gasteiger partial charge < -0.3 is 0 Å². The molecule has 0 bridgehead atoms. The van der Waals surface area contributed by atoms with Gasteiger partial charge in [-0.05, 0) is 20.8 Å². The van der Waals surface area contributed by atoms with Crippen molar-refractivity contribution in [2.24, 2.45) is 4.99 Å². The Bertz CT molecular complexity index is 120. The Morgan fingerprint density at radius 1 is 1.50 bits per heavy atom. The first kappa shape index (κ1) is 7.70. The fourth-order valence-electron chi connectivity index (χ4n) is 0.308. The second kappa shape index (κ2) is 3.67. The third-order valence-electron chi connectivity index (χ3n) is 0.748. The molecule has 0 heterocycles. The smallest absolute Gasteiger partial charge is 0.103 e. The number of aliphatic imine (C=N–C) groups is 1. The Kier molecular flexibility index (Phi) is 3.53. The number of nitrogens with zero attached hydrogens (tertiary/aromatic N) is 1. The maximum Gasteiger partial charge on any atom is 0.103 e. The summed E-state index contributed by atoms with van der Waals surface area (Å²) in [4.78, 5) is 3.94. The molecule has 0 aliphatic rings. The summed E-state index contributed by atoms with van der Waals surface area (Å²) >= 11 is 5.46. The van der Waals surface area contributed by atoms with Gasteiger partial charge in [-0.15, -0.1) is 0 Å². The van der Waals surface area contributed by atoms with Gasteiger partial charge in [-0.3, -0.25) is 0 Å². The van der Waals surface area contributed by atoms with Crippen molar-refractivity contribution < 1.29 is 0 Å². The summed E-state index contributed by atoms with van der Waals surface area (Å²) in [6.07, 6.45) is 1.91. The molecular weight excluding hydrogens is 122 g/mol. The molecule has 0 fully saturated rings. The Balaban J connectivity index is 3.89. The van der Waals surface area contributed by atoms with Gasteiger partial charge in [0.2, 0.25) is 0 Å². The normalized spacial score (nSPS) is 14.5. The monoisotopic (exact) mass is 131 g/mol. The van der Waals surface area contributed by atoms with Crippen molar-refractivity contribution in [3.63, 3.8) is 0 Å². The lowest BCUT2D eigenvalue weighted by Crippen LogP contribution is -1.75. The number of hydrogen-bond donors (Lipinski definition) is 0. The lowest BCUT2D eigenvalue weighted by molar-refractivity contribution is 1.29. The molecule has 46 valence electrons. The topological polar surface area (TPSA) is 12.4 Å². The summed E-state index contributed by atoms with van der Waals surface area (Å²) in [5.74, 6) is 0. The van der Waals surface area contributed by atoms with Crippen molar-refractivity contribution in [3.05, 3.63) is 11.8 Å². The number of allylic oxidation sites excluding steroid dienone is 2. The van der Waals surface area contributed by atoms with E-state index in [1.807, 2.05) is 19.9 Å². The predicted molar refractivity (Wildman–Crippen MR) is 38.4 cm³/mol. The van der Waals surface area contributed by atoms with Crippen LogP contribution in [0, 0.1) is 0 Å². The van der Waals surface area contributed by atoms with Crippen LogP contribution in [-0.2, 0) is 0 Å². The SMILES string of the molecule is C/C=C(C)/N=C(\C)Cl. The van der Waals surface area contributed by atoms with E-state index in [0.29, 0.717) is 5.17 Å². The highest BCUT2D eigenvalue weighted by molar-refractivity contribution is 6.64. The van der Waals surface area contributed by atoms with E-state index >= 15 is 0 Å². The summed E-state index contributed by atoms with van der Waals surface area (Å²) in [5.41, 5.74) is 0.956. The second-order valence-electron chi connectivity index (χ2n) is 1.54. The molecule has 2 heteroatoms. The van der Waals surface area contributed by atoms with Crippen molar-refractivity contribution in [1.29, 1.82) is 0 Å². The largest absolute Gasteiger partial charge is 0.247 e. The van der Waals surface area contributed by atoms with Gasteiger partial charge in [0.05, 0.1) is 0 Å². The first-order chi connectivity index (χ1) is 3.66. The fraction of sp³-hybridized carbons (Fsp3) is 0.500. The van der Waals surface area contributed by atoms with E-state index in [9.17, 15) is 0 Å². The van der Waals surface area contributed by atoms with E-state index in [1.165, 1.54) is 0 Å². The molecule has 0 aromatic rings. The fourth-order valence-corrected chi connectivity index (χ4v) is 0.441. The summed E-state index contributed by atoms with van der Waals surface area (Å²) in [7, 11) is 0. The molecule has 0 amide bonds. The van der Waals surface area contributed by atoms with Crippen molar-refractivity contribution in [2.45, 2.75) is 20.8 Å². The molecule has 0 saturated carbocycles. The zero-order valence-electron chi connectivity index (χ0n) is 5.40. The molecule has 0 unspecified atom stereocenters. The van der Waals surface area contributed by atoms with E-state index in [-0.39, 0.29) is 0 Å². The molecule has 1 nitrogen and oxygen atoms in total.